The smallest absolute Gasteiger partial charge is 0.308 e. The molecule has 0 radical (unpaired) electrons. The number of ether oxygens (including phenoxy) is 1. The molecule has 28 heavy (non-hydrogen) atoms. The van der Waals surface area contributed by atoms with Crippen LogP contribution in [0.4, 0.5) is 0 Å². The van der Waals surface area contributed by atoms with E-state index in [-0.39, 0.29) is 11.9 Å². The summed E-state index contributed by atoms with van der Waals surface area (Å²) in [6.45, 7) is 3.09. The fraction of sp³-hybridized carbons (Fsp3) is 0.455. The van der Waals surface area contributed by atoms with Crippen LogP contribution < -0.4 is 5.32 Å². The SMILES string of the molecule is COC(=O)C1CCN(C(=NCCc2ccco2)NCCc2ccccc2)CC1. The van der Waals surface area contributed by atoms with E-state index in [9.17, 15) is 4.79 Å². The molecule has 2 aromatic rings. The zero-order valence-electron chi connectivity index (χ0n) is 16.5. The van der Waals surface area contributed by atoms with Gasteiger partial charge >= 0.3 is 5.97 Å². The van der Waals surface area contributed by atoms with Crippen molar-refractivity contribution in [1.82, 2.24) is 10.2 Å². The van der Waals surface area contributed by atoms with Crippen molar-refractivity contribution in [1.29, 1.82) is 0 Å². The summed E-state index contributed by atoms with van der Waals surface area (Å²) in [7, 11) is 1.46. The number of carbonyl (C=O) groups is 1. The lowest BCUT2D eigenvalue weighted by Gasteiger charge is -2.33. The highest BCUT2D eigenvalue weighted by Crippen LogP contribution is 2.18. The molecule has 2 heterocycles. The van der Waals surface area contributed by atoms with Gasteiger partial charge in [-0.15, -0.1) is 0 Å². The van der Waals surface area contributed by atoms with E-state index in [1.807, 2.05) is 18.2 Å². The lowest BCUT2D eigenvalue weighted by atomic mass is 9.97. The first-order valence-electron chi connectivity index (χ1n) is 9.93. The zero-order valence-corrected chi connectivity index (χ0v) is 16.5. The molecule has 0 unspecified atom stereocenters. The van der Waals surface area contributed by atoms with Gasteiger partial charge in [0, 0.05) is 32.6 Å². The molecule has 0 saturated carbocycles. The maximum absolute atomic E-state index is 11.8. The van der Waals surface area contributed by atoms with Crippen molar-refractivity contribution in [3.63, 3.8) is 0 Å². The molecule has 0 spiro atoms. The largest absolute Gasteiger partial charge is 0.469 e. The predicted molar refractivity (Wildman–Crippen MR) is 109 cm³/mol. The van der Waals surface area contributed by atoms with E-state index in [1.165, 1.54) is 12.7 Å². The number of hydrogen-bond acceptors (Lipinski definition) is 4. The number of piperidine rings is 1. The average Bonchev–Trinajstić information content (AvgIpc) is 3.26. The fourth-order valence-electron chi connectivity index (χ4n) is 3.45. The lowest BCUT2D eigenvalue weighted by Crippen LogP contribution is -2.47. The summed E-state index contributed by atoms with van der Waals surface area (Å²) >= 11 is 0. The Kier molecular flexibility index (Phi) is 7.53. The number of rotatable bonds is 7. The van der Waals surface area contributed by atoms with Gasteiger partial charge < -0.3 is 19.4 Å². The number of guanidine groups is 1. The highest BCUT2D eigenvalue weighted by molar-refractivity contribution is 5.80. The van der Waals surface area contributed by atoms with E-state index in [0.717, 1.165) is 57.0 Å². The number of nitrogens with zero attached hydrogens (tertiary/aromatic N) is 2. The number of esters is 1. The molecular weight excluding hydrogens is 354 g/mol. The first-order chi connectivity index (χ1) is 13.8. The second-order valence-electron chi connectivity index (χ2n) is 6.98. The van der Waals surface area contributed by atoms with Gasteiger partial charge in [-0.2, -0.15) is 0 Å². The minimum atomic E-state index is -0.104. The number of benzene rings is 1. The van der Waals surface area contributed by atoms with Crippen LogP contribution in [-0.4, -0.2) is 50.1 Å². The molecular formula is C22H29N3O3. The van der Waals surface area contributed by atoms with Crippen molar-refractivity contribution in [2.75, 3.05) is 33.3 Å². The monoisotopic (exact) mass is 383 g/mol. The van der Waals surface area contributed by atoms with E-state index in [2.05, 4.69) is 34.5 Å². The minimum absolute atomic E-state index is 0.00469. The molecule has 6 nitrogen and oxygen atoms in total. The highest BCUT2D eigenvalue weighted by atomic mass is 16.5. The number of furan rings is 1. The van der Waals surface area contributed by atoms with Gasteiger partial charge in [-0.25, -0.2) is 0 Å². The molecule has 0 amide bonds. The van der Waals surface area contributed by atoms with Gasteiger partial charge in [-0.1, -0.05) is 30.3 Å². The summed E-state index contributed by atoms with van der Waals surface area (Å²) < 4.78 is 10.3. The van der Waals surface area contributed by atoms with Gasteiger partial charge in [-0.3, -0.25) is 9.79 Å². The van der Waals surface area contributed by atoms with Crippen molar-refractivity contribution < 1.29 is 13.9 Å². The first kappa shape index (κ1) is 20.0. The molecule has 1 aromatic heterocycles. The van der Waals surface area contributed by atoms with Crippen LogP contribution in [0.15, 0.2) is 58.1 Å². The maximum Gasteiger partial charge on any atom is 0.308 e. The van der Waals surface area contributed by atoms with E-state index >= 15 is 0 Å². The van der Waals surface area contributed by atoms with Crippen molar-refractivity contribution in [2.24, 2.45) is 10.9 Å². The molecule has 1 aromatic carbocycles. The van der Waals surface area contributed by atoms with Crippen molar-refractivity contribution in [3.05, 3.63) is 60.1 Å². The summed E-state index contributed by atoms with van der Waals surface area (Å²) in [5.41, 5.74) is 1.30. The summed E-state index contributed by atoms with van der Waals surface area (Å²) in [6.07, 6.45) is 5.00. The van der Waals surface area contributed by atoms with Gasteiger partial charge in [0.05, 0.1) is 19.3 Å². The first-order valence-corrected chi connectivity index (χ1v) is 9.93. The van der Waals surface area contributed by atoms with Crippen molar-refractivity contribution in [3.8, 4) is 0 Å². The Labute approximate surface area is 166 Å². The summed E-state index contributed by atoms with van der Waals surface area (Å²) in [5, 5.41) is 3.51. The lowest BCUT2D eigenvalue weighted by molar-refractivity contribution is -0.146. The summed E-state index contributed by atoms with van der Waals surface area (Å²) in [5.74, 6) is 1.74. The number of nitrogens with one attached hydrogen (secondary N) is 1. The van der Waals surface area contributed by atoms with Gasteiger partial charge in [-0.05, 0) is 37.0 Å². The van der Waals surface area contributed by atoms with Crippen LogP contribution >= 0.6 is 0 Å². The van der Waals surface area contributed by atoms with E-state index in [1.54, 1.807) is 6.26 Å². The standard InChI is InChI=1S/C22H29N3O3/c1-27-21(26)19-11-15-25(16-12-19)22(24-14-10-20-8-5-17-28-20)23-13-9-18-6-3-2-4-7-18/h2-8,17,19H,9-16H2,1H3,(H,23,24). The van der Waals surface area contributed by atoms with E-state index < -0.39 is 0 Å². The molecule has 1 fully saturated rings. The maximum atomic E-state index is 11.8. The van der Waals surface area contributed by atoms with Crippen LogP contribution in [0, 0.1) is 5.92 Å². The Bertz CT molecular complexity index is 736. The summed E-state index contributed by atoms with van der Waals surface area (Å²) in [6, 6.07) is 14.3. The van der Waals surface area contributed by atoms with Gasteiger partial charge in [0.2, 0.25) is 0 Å². The third kappa shape index (κ3) is 5.87. The van der Waals surface area contributed by atoms with Crippen LogP contribution in [0.2, 0.25) is 0 Å². The molecule has 150 valence electrons. The van der Waals surface area contributed by atoms with E-state index in [0.29, 0.717) is 6.54 Å². The molecule has 0 aliphatic carbocycles. The Morgan fingerprint density at radius 1 is 1.18 bits per heavy atom. The second kappa shape index (κ2) is 10.5. The second-order valence-corrected chi connectivity index (χ2v) is 6.98. The molecule has 1 N–H and O–H groups in total. The molecule has 0 bridgehead atoms. The fourth-order valence-corrected chi connectivity index (χ4v) is 3.45. The zero-order chi connectivity index (χ0) is 19.6. The molecule has 3 rings (SSSR count). The Morgan fingerprint density at radius 2 is 1.96 bits per heavy atom. The number of likely N-dealkylation sites (tertiary alicyclic amines) is 1. The van der Waals surface area contributed by atoms with E-state index in [4.69, 9.17) is 14.1 Å². The van der Waals surface area contributed by atoms with Crippen molar-refractivity contribution >= 4 is 11.9 Å². The normalized spacial score (nSPS) is 15.5. The number of hydrogen-bond donors (Lipinski definition) is 1. The van der Waals surface area contributed by atoms with Crippen molar-refractivity contribution in [2.45, 2.75) is 25.7 Å². The van der Waals surface area contributed by atoms with Crippen LogP contribution in [0.3, 0.4) is 0 Å². The molecule has 0 atom stereocenters. The van der Waals surface area contributed by atoms with Crippen LogP contribution in [0.1, 0.15) is 24.2 Å². The average molecular weight is 383 g/mol. The summed E-state index contributed by atoms with van der Waals surface area (Å²) in [4.78, 5) is 18.8. The minimum Gasteiger partial charge on any atom is -0.469 e. The van der Waals surface area contributed by atoms with Crippen LogP contribution in [0.25, 0.3) is 0 Å². The molecule has 1 aliphatic heterocycles. The number of carbonyl (C=O) groups excluding carboxylic acids is 1. The predicted octanol–water partition coefficient (Wildman–Crippen LogP) is 2.90. The Balaban J connectivity index is 1.56. The van der Waals surface area contributed by atoms with Gasteiger partial charge in [0.15, 0.2) is 5.96 Å². The molecule has 1 aliphatic rings. The topological polar surface area (TPSA) is 67.1 Å². The third-order valence-corrected chi connectivity index (χ3v) is 5.07. The third-order valence-electron chi connectivity index (χ3n) is 5.07. The Morgan fingerprint density at radius 3 is 2.64 bits per heavy atom. The quantitative estimate of drug-likeness (QED) is 0.452. The van der Waals surface area contributed by atoms with Gasteiger partial charge in [0.25, 0.3) is 0 Å². The van der Waals surface area contributed by atoms with Crippen LogP contribution in [0.5, 0.6) is 0 Å². The van der Waals surface area contributed by atoms with Crippen LogP contribution in [-0.2, 0) is 22.4 Å². The molecule has 6 heteroatoms. The number of methoxy groups -OCH3 is 1. The highest BCUT2D eigenvalue weighted by Gasteiger charge is 2.27. The molecule has 1 saturated heterocycles. The Hall–Kier alpha value is -2.76. The van der Waals surface area contributed by atoms with Gasteiger partial charge in [0.1, 0.15) is 5.76 Å². The number of aliphatic imine (C=N–C) groups is 1.